The topological polar surface area (TPSA) is 48.1 Å². The Hall–Kier alpha value is -1.29. The second kappa shape index (κ2) is 7.48. The average molecular weight is 313 g/mol. The largest absolute Gasteiger partial charge is 0.493 e. The number of rotatable bonds is 2. The maximum atomic E-state index is 5.87. The molecule has 0 spiro atoms. The molecule has 0 bridgehead atoms. The van der Waals surface area contributed by atoms with Gasteiger partial charge in [-0.25, -0.2) is 0 Å². The summed E-state index contributed by atoms with van der Waals surface area (Å²) in [5, 5.41) is 0. The Bertz CT molecular complexity index is 549. The van der Waals surface area contributed by atoms with E-state index >= 15 is 0 Å². The van der Waals surface area contributed by atoms with Gasteiger partial charge in [-0.3, -0.25) is 4.98 Å². The SMILES string of the molecule is Cl.Cl.NCC1CCOc2c(-c3ccncc3)cccc21. The highest BCUT2D eigenvalue weighted by Gasteiger charge is 2.22. The Labute approximate surface area is 131 Å². The fourth-order valence-corrected chi connectivity index (χ4v) is 2.50. The Morgan fingerprint density at radius 1 is 1.15 bits per heavy atom. The van der Waals surface area contributed by atoms with Crippen molar-refractivity contribution in [2.45, 2.75) is 12.3 Å². The Morgan fingerprint density at radius 3 is 2.60 bits per heavy atom. The minimum Gasteiger partial charge on any atom is -0.493 e. The molecule has 1 unspecified atom stereocenters. The van der Waals surface area contributed by atoms with Crippen LogP contribution in [0.3, 0.4) is 0 Å². The number of aromatic nitrogens is 1. The summed E-state index contributed by atoms with van der Waals surface area (Å²) >= 11 is 0. The number of halogens is 2. The van der Waals surface area contributed by atoms with E-state index in [1.807, 2.05) is 12.1 Å². The molecule has 1 aliphatic rings. The first-order valence-electron chi connectivity index (χ1n) is 6.26. The molecule has 1 aromatic heterocycles. The quantitative estimate of drug-likeness (QED) is 0.924. The first-order valence-corrected chi connectivity index (χ1v) is 6.26. The monoisotopic (exact) mass is 312 g/mol. The third-order valence-corrected chi connectivity index (χ3v) is 3.47. The van der Waals surface area contributed by atoms with Gasteiger partial charge in [-0.1, -0.05) is 18.2 Å². The zero-order valence-electron chi connectivity index (χ0n) is 11.0. The van der Waals surface area contributed by atoms with Gasteiger partial charge in [-0.05, 0) is 36.2 Å². The normalized spacial score (nSPS) is 16.1. The number of pyridine rings is 1. The molecule has 5 heteroatoms. The van der Waals surface area contributed by atoms with Crippen LogP contribution in [0.4, 0.5) is 0 Å². The maximum Gasteiger partial charge on any atom is 0.130 e. The lowest BCUT2D eigenvalue weighted by Crippen LogP contribution is -2.21. The van der Waals surface area contributed by atoms with E-state index in [4.69, 9.17) is 10.5 Å². The molecular weight excluding hydrogens is 295 g/mol. The molecule has 2 heterocycles. The highest BCUT2D eigenvalue weighted by molar-refractivity contribution is 5.85. The van der Waals surface area contributed by atoms with Gasteiger partial charge < -0.3 is 10.5 Å². The van der Waals surface area contributed by atoms with Crippen molar-refractivity contribution in [2.24, 2.45) is 5.73 Å². The van der Waals surface area contributed by atoms with E-state index in [-0.39, 0.29) is 24.8 Å². The molecule has 0 fully saturated rings. The van der Waals surface area contributed by atoms with Crippen LogP contribution in [-0.2, 0) is 0 Å². The van der Waals surface area contributed by atoms with E-state index in [1.54, 1.807) is 12.4 Å². The second-order valence-electron chi connectivity index (χ2n) is 4.53. The molecule has 3 rings (SSSR count). The summed E-state index contributed by atoms with van der Waals surface area (Å²) in [6.07, 6.45) is 4.61. The zero-order chi connectivity index (χ0) is 12.4. The smallest absolute Gasteiger partial charge is 0.130 e. The van der Waals surface area contributed by atoms with Crippen molar-refractivity contribution >= 4 is 24.8 Å². The molecule has 0 aliphatic carbocycles. The number of nitrogens with zero attached hydrogens (tertiary/aromatic N) is 1. The number of benzene rings is 1. The van der Waals surface area contributed by atoms with Gasteiger partial charge in [0, 0.05) is 23.9 Å². The summed E-state index contributed by atoms with van der Waals surface area (Å²) < 4.78 is 5.87. The first-order chi connectivity index (χ1) is 8.90. The van der Waals surface area contributed by atoms with Crippen molar-refractivity contribution in [3.63, 3.8) is 0 Å². The van der Waals surface area contributed by atoms with Crippen molar-refractivity contribution in [1.82, 2.24) is 4.98 Å². The molecule has 1 aromatic carbocycles. The van der Waals surface area contributed by atoms with E-state index in [9.17, 15) is 0 Å². The molecule has 0 saturated heterocycles. The fourth-order valence-electron chi connectivity index (χ4n) is 2.50. The minimum absolute atomic E-state index is 0. The summed E-state index contributed by atoms with van der Waals surface area (Å²) in [6, 6.07) is 10.3. The lowest BCUT2D eigenvalue weighted by atomic mass is 9.90. The first kappa shape index (κ1) is 16.8. The lowest BCUT2D eigenvalue weighted by molar-refractivity contribution is 0.270. The maximum absolute atomic E-state index is 5.87. The van der Waals surface area contributed by atoms with Gasteiger partial charge >= 0.3 is 0 Å². The summed E-state index contributed by atoms with van der Waals surface area (Å²) in [4.78, 5) is 4.05. The number of hydrogen-bond acceptors (Lipinski definition) is 3. The number of hydrogen-bond donors (Lipinski definition) is 1. The van der Waals surface area contributed by atoms with Crippen LogP contribution in [0, 0.1) is 0 Å². The number of ether oxygens (including phenoxy) is 1. The van der Waals surface area contributed by atoms with Crippen LogP contribution in [0.25, 0.3) is 11.1 Å². The molecule has 2 N–H and O–H groups in total. The van der Waals surface area contributed by atoms with Crippen molar-refractivity contribution in [3.05, 3.63) is 48.3 Å². The van der Waals surface area contributed by atoms with Crippen LogP contribution in [0.5, 0.6) is 5.75 Å². The van der Waals surface area contributed by atoms with Gasteiger partial charge in [0.2, 0.25) is 0 Å². The fraction of sp³-hybridized carbons (Fsp3) is 0.267. The molecule has 108 valence electrons. The van der Waals surface area contributed by atoms with Crippen LogP contribution in [-0.4, -0.2) is 18.1 Å². The second-order valence-corrected chi connectivity index (χ2v) is 4.53. The number of nitrogens with two attached hydrogens (primary N) is 1. The highest BCUT2D eigenvalue weighted by Crippen LogP contribution is 2.40. The molecule has 0 radical (unpaired) electrons. The Kier molecular flexibility index (Phi) is 6.27. The summed E-state index contributed by atoms with van der Waals surface area (Å²) in [5.74, 6) is 1.40. The van der Waals surface area contributed by atoms with E-state index < -0.39 is 0 Å². The zero-order valence-corrected chi connectivity index (χ0v) is 12.6. The lowest BCUT2D eigenvalue weighted by Gasteiger charge is -2.26. The van der Waals surface area contributed by atoms with Crippen molar-refractivity contribution in [3.8, 4) is 16.9 Å². The number of fused-ring (bicyclic) bond motifs is 1. The molecule has 0 amide bonds. The van der Waals surface area contributed by atoms with Crippen LogP contribution >= 0.6 is 24.8 Å². The Balaban J connectivity index is 0.000001000. The van der Waals surface area contributed by atoms with Crippen LogP contribution in [0.1, 0.15) is 17.9 Å². The summed E-state index contributed by atoms with van der Waals surface area (Å²) in [7, 11) is 0. The van der Waals surface area contributed by atoms with Crippen LogP contribution < -0.4 is 10.5 Å². The van der Waals surface area contributed by atoms with Gasteiger partial charge in [0.1, 0.15) is 5.75 Å². The van der Waals surface area contributed by atoms with Gasteiger partial charge in [0.25, 0.3) is 0 Å². The van der Waals surface area contributed by atoms with E-state index in [1.165, 1.54) is 5.56 Å². The third kappa shape index (κ3) is 3.06. The van der Waals surface area contributed by atoms with Crippen molar-refractivity contribution < 1.29 is 4.74 Å². The van der Waals surface area contributed by atoms with Crippen molar-refractivity contribution in [1.29, 1.82) is 0 Å². The van der Waals surface area contributed by atoms with E-state index in [0.717, 1.165) is 29.9 Å². The van der Waals surface area contributed by atoms with Gasteiger partial charge in [-0.2, -0.15) is 0 Å². The van der Waals surface area contributed by atoms with Gasteiger partial charge in [0.05, 0.1) is 6.61 Å². The Morgan fingerprint density at radius 2 is 1.90 bits per heavy atom. The molecule has 3 nitrogen and oxygen atoms in total. The molecule has 1 atom stereocenters. The van der Waals surface area contributed by atoms with Crippen LogP contribution in [0.2, 0.25) is 0 Å². The molecule has 0 saturated carbocycles. The van der Waals surface area contributed by atoms with E-state index in [2.05, 4.69) is 23.2 Å². The average Bonchev–Trinajstić information content (AvgIpc) is 2.47. The highest BCUT2D eigenvalue weighted by atomic mass is 35.5. The predicted molar refractivity (Wildman–Crippen MR) is 86.1 cm³/mol. The third-order valence-electron chi connectivity index (χ3n) is 3.47. The minimum atomic E-state index is 0. The van der Waals surface area contributed by atoms with E-state index in [0.29, 0.717) is 12.5 Å². The molecule has 1 aliphatic heterocycles. The van der Waals surface area contributed by atoms with Gasteiger partial charge in [0.15, 0.2) is 0 Å². The number of para-hydroxylation sites is 1. The van der Waals surface area contributed by atoms with Gasteiger partial charge in [-0.15, -0.1) is 24.8 Å². The molecule has 20 heavy (non-hydrogen) atoms. The summed E-state index contributed by atoms with van der Waals surface area (Å²) in [5.41, 5.74) is 9.35. The summed E-state index contributed by atoms with van der Waals surface area (Å²) in [6.45, 7) is 1.42. The predicted octanol–water partition coefficient (Wildman–Crippen LogP) is 3.42. The molecular formula is C15H18Cl2N2O. The van der Waals surface area contributed by atoms with Crippen LogP contribution in [0.15, 0.2) is 42.7 Å². The standard InChI is InChI=1S/C15H16N2O.2ClH/c16-10-12-6-9-18-15-13(2-1-3-14(12)15)11-4-7-17-8-5-11;;/h1-5,7-8,12H,6,9-10,16H2;2*1H. The van der Waals surface area contributed by atoms with Crippen molar-refractivity contribution in [2.75, 3.05) is 13.2 Å². The molecule has 2 aromatic rings.